The second-order valence-corrected chi connectivity index (χ2v) is 7.20. The molecule has 0 aliphatic carbocycles. The van der Waals surface area contributed by atoms with Crippen LogP contribution in [0.2, 0.25) is 0 Å². The van der Waals surface area contributed by atoms with E-state index in [0.717, 1.165) is 41.3 Å². The zero-order valence-corrected chi connectivity index (χ0v) is 16.2. The van der Waals surface area contributed by atoms with Crippen molar-refractivity contribution in [1.29, 1.82) is 0 Å². The second kappa shape index (κ2) is 7.80. The van der Waals surface area contributed by atoms with Gasteiger partial charge in [-0.2, -0.15) is 0 Å². The van der Waals surface area contributed by atoms with Gasteiger partial charge in [-0.1, -0.05) is 30.3 Å². The van der Waals surface area contributed by atoms with Crippen LogP contribution in [0.25, 0.3) is 11.3 Å². The predicted molar refractivity (Wildman–Crippen MR) is 112 cm³/mol. The Morgan fingerprint density at radius 3 is 2.89 bits per heavy atom. The van der Waals surface area contributed by atoms with Crippen LogP contribution in [0, 0.1) is 6.92 Å². The van der Waals surface area contributed by atoms with Gasteiger partial charge in [0.25, 0.3) is 0 Å². The molecule has 0 saturated heterocycles. The molecular weight excluding hydrogens is 348 g/mol. The summed E-state index contributed by atoms with van der Waals surface area (Å²) in [6.45, 7) is 4.25. The Morgan fingerprint density at radius 1 is 1.18 bits per heavy atom. The van der Waals surface area contributed by atoms with Crippen LogP contribution in [0.15, 0.2) is 60.8 Å². The van der Waals surface area contributed by atoms with Gasteiger partial charge in [0.15, 0.2) is 0 Å². The van der Waals surface area contributed by atoms with Crippen LogP contribution in [0.5, 0.6) is 0 Å². The van der Waals surface area contributed by atoms with E-state index in [1.54, 1.807) is 6.20 Å². The first-order valence-corrected chi connectivity index (χ1v) is 9.66. The number of benzene rings is 2. The van der Waals surface area contributed by atoms with Gasteiger partial charge in [0, 0.05) is 29.2 Å². The summed E-state index contributed by atoms with van der Waals surface area (Å²) >= 11 is 0. The standard InChI is InChI=1S/C23H24N4O/c1-16-10-11-18-6-3-4-9-22(18)27(16)23(28)15-25-20-8-5-7-19(14-20)21-12-13-24-17(2)26-21/h3-9,12-14,16,25H,10-11,15H2,1-2H3. The molecule has 1 amide bonds. The molecule has 2 aromatic carbocycles. The highest BCUT2D eigenvalue weighted by Gasteiger charge is 2.27. The van der Waals surface area contributed by atoms with Crippen molar-refractivity contribution in [2.45, 2.75) is 32.7 Å². The largest absolute Gasteiger partial charge is 0.376 e. The minimum absolute atomic E-state index is 0.0860. The Kier molecular flexibility index (Phi) is 5.06. The van der Waals surface area contributed by atoms with Crippen molar-refractivity contribution in [1.82, 2.24) is 9.97 Å². The number of nitrogens with one attached hydrogen (secondary N) is 1. The van der Waals surface area contributed by atoms with E-state index in [0.29, 0.717) is 0 Å². The minimum Gasteiger partial charge on any atom is -0.376 e. The molecule has 0 spiro atoms. The molecule has 1 aliphatic heterocycles. The van der Waals surface area contributed by atoms with Crippen molar-refractivity contribution in [3.63, 3.8) is 0 Å². The first kappa shape index (κ1) is 18.2. The molecule has 1 atom stereocenters. The topological polar surface area (TPSA) is 58.1 Å². The molecule has 5 heteroatoms. The summed E-state index contributed by atoms with van der Waals surface area (Å²) in [5.41, 5.74) is 5.06. The molecule has 142 valence electrons. The highest BCUT2D eigenvalue weighted by atomic mass is 16.2. The number of hydrogen-bond acceptors (Lipinski definition) is 4. The van der Waals surface area contributed by atoms with E-state index < -0.39 is 0 Å². The third-order valence-corrected chi connectivity index (χ3v) is 5.17. The number of aromatic nitrogens is 2. The number of carbonyl (C=O) groups is 1. The van der Waals surface area contributed by atoms with Gasteiger partial charge in [-0.3, -0.25) is 4.79 Å². The molecule has 3 aromatic rings. The van der Waals surface area contributed by atoms with E-state index >= 15 is 0 Å². The van der Waals surface area contributed by atoms with Crippen molar-refractivity contribution in [2.24, 2.45) is 0 Å². The van der Waals surface area contributed by atoms with Gasteiger partial charge in [-0.15, -0.1) is 0 Å². The Labute approximate surface area is 165 Å². The lowest BCUT2D eigenvalue weighted by molar-refractivity contribution is -0.117. The Morgan fingerprint density at radius 2 is 2.04 bits per heavy atom. The lowest BCUT2D eigenvalue weighted by atomic mass is 9.96. The van der Waals surface area contributed by atoms with Crippen molar-refractivity contribution in [2.75, 3.05) is 16.8 Å². The SMILES string of the molecule is Cc1nccc(-c2cccc(NCC(=O)N3c4ccccc4CCC3C)c2)n1. The van der Waals surface area contributed by atoms with Gasteiger partial charge in [0.05, 0.1) is 12.2 Å². The van der Waals surface area contributed by atoms with E-state index in [9.17, 15) is 4.79 Å². The molecule has 0 fully saturated rings. The number of amides is 1. The Bertz CT molecular complexity index is 1000. The van der Waals surface area contributed by atoms with E-state index in [1.807, 2.05) is 60.4 Å². The van der Waals surface area contributed by atoms with Gasteiger partial charge >= 0.3 is 0 Å². The maximum absolute atomic E-state index is 13.0. The molecule has 28 heavy (non-hydrogen) atoms. The lowest BCUT2D eigenvalue weighted by Gasteiger charge is -2.35. The molecule has 1 N–H and O–H groups in total. The first-order chi connectivity index (χ1) is 13.6. The van der Waals surface area contributed by atoms with Crippen molar-refractivity contribution < 1.29 is 4.79 Å². The van der Waals surface area contributed by atoms with Crippen LogP contribution in [0.4, 0.5) is 11.4 Å². The zero-order valence-electron chi connectivity index (χ0n) is 16.2. The van der Waals surface area contributed by atoms with Crippen molar-refractivity contribution in [3.05, 3.63) is 72.2 Å². The van der Waals surface area contributed by atoms with E-state index in [4.69, 9.17) is 0 Å². The van der Waals surface area contributed by atoms with Gasteiger partial charge in [0.2, 0.25) is 5.91 Å². The summed E-state index contributed by atoms with van der Waals surface area (Å²) in [6, 6.07) is 18.3. The van der Waals surface area contributed by atoms with Crippen molar-refractivity contribution in [3.8, 4) is 11.3 Å². The van der Waals surface area contributed by atoms with Gasteiger partial charge in [-0.25, -0.2) is 9.97 Å². The van der Waals surface area contributed by atoms with Gasteiger partial charge < -0.3 is 10.2 Å². The molecule has 0 radical (unpaired) electrons. The van der Waals surface area contributed by atoms with Crippen LogP contribution in [0.3, 0.4) is 0 Å². The third-order valence-electron chi connectivity index (χ3n) is 5.17. The maximum atomic E-state index is 13.0. The maximum Gasteiger partial charge on any atom is 0.246 e. The first-order valence-electron chi connectivity index (χ1n) is 9.66. The third kappa shape index (κ3) is 3.74. The number of fused-ring (bicyclic) bond motifs is 1. The van der Waals surface area contributed by atoms with E-state index in [2.05, 4.69) is 28.3 Å². The smallest absolute Gasteiger partial charge is 0.246 e. The average molecular weight is 372 g/mol. The number of anilines is 2. The van der Waals surface area contributed by atoms with Crippen LogP contribution in [-0.4, -0.2) is 28.5 Å². The monoisotopic (exact) mass is 372 g/mol. The molecule has 4 rings (SSSR count). The number of nitrogens with zero attached hydrogens (tertiary/aromatic N) is 3. The number of para-hydroxylation sites is 1. The molecule has 0 bridgehead atoms. The molecule has 0 saturated carbocycles. The van der Waals surface area contributed by atoms with Crippen molar-refractivity contribution >= 4 is 17.3 Å². The number of carbonyl (C=O) groups excluding carboxylic acids is 1. The van der Waals surface area contributed by atoms with Crippen LogP contribution in [-0.2, 0) is 11.2 Å². The van der Waals surface area contributed by atoms with Gasteiger partial charge in [-0.05, 0) is 56.5 Å². The van der Waals surface area contributed by atoms with Crippen LogP contribution >= 0.6 is 0 Å². The lowest BCUT2D eigenvalue weighted by Crippen LogP contribution is -2.44. The Hall–Kier alpha value is -3.21. The highest BCUT2D eigenvalue weighted by molar-refractivity contribution is 5.97. The molecule has 1 aliphatic rings. The Balaban J connectivity index is 1.49. The molecule has 1 unspecified atom stereocenters. The summed E-state index contributed by atoms with van der Waals surface area (Å²) in [5, 5.41) is 3.28. The quantitative estimate of drug-likeness (QED) is 0.744. The van der Waals surface area contributed by atoms with Crippen LogP contribution in [0.1, 0.15) is 24.7 Å². The molecule has 5 nitrogen and oxygen atoms in total. The summed E-state index contributed by atoms with van der Waals surface area (Å²) in [7, 11) is 0. The summed E-state index contributed by atoms with van der Waals surface area (Å²) in [6.07, 6.45) is 3.77. The molecule has 2 heterocycles. The highest BCUT2D eigenvalue weighted by Crippen LogP contribution is 2.30. The van der Waals surface area contributed by atoms with Crippen LogP contribution < -0.4 is 10.2 Å². The second-order valence-electron chi connectivity index (χ2n) is 7.20. The van der Waals surface area contributed by atoms with E-state index in [-0.39, 0.29) is 18.5 Å². The number of aryl methyl sites for hydroxylation is 2. The molecular formula is C23H24N4O. The number of rotatable bonds is 4. The predicted octanol–water partition coefficient (Wildman–Crippen LogP) is 4.23. The summed E-state index contributed by atoms with van der Waals surface area (Å²) in [4.78, 5) is 23.5. The minimum atomic E-state index is 0.0860. The fourth-order valence-corrected chi connectivity index (χ4v) is 3.74. The van der Waals surface area contributed by atoms with E-state index in [1.165, 1.54) is 5.56 Å². The molecule has 1 aromatic heterocycles. The average Bonchev–Trinajstić information content (AvgIpc) is 2.72. The fraction of sp³-hybridized carbons (Fsp3) is 0.261. The zero-order chi connectivity index (χ0) is 19.5. The normalized spacial score (nSPS) is 15.8. The number of hydrogen-bond donors (Lipinski definition) is 1. The fourth-order valence-electron chi connectivity index (χ4n) is 3.74. The van der Waals surface area contributed by atoms with Gasteiger partial charge in [0.1, 0.15) is 5.82 Å². The summed E-state index contributed by atoms with van der Waals surface area (Å²) in [5.74, 6) is 0.826. The summed E-state index contributed by atoms with van der Waals surface area (Å²) < 4.78 is 0.